The van der Waals surface area contributed by atoms with E-state index in [4.69, 9.17) is 5.26 Å². The molecule has 1 N–H and O–H groups in total. The van der Waals surface area contributed by atoms with Gasteiger partial charge >= 0.3 is 0 Å². The molecule has 2 aromatic rings. The second-order valence-electron chi connectivity index (χ2n) is 4.71. The largest absolute Gasteiger partial charge is 0.309 e. The van der Waals surface area contributed by atoms with Crippen molar-refractivity contribution in [2.75, 3.05) is 0 Å². The highest BCUT2D eigenvalue weighted by molar-refractivity contribution is 9.08. The van der Waals surface area contributed by atoms with E-state index in [9.17, 15) is 0 Å². The van der Waals surface area contributed by atoms with Crippen molar-refractivity contribution in [3.63, 3.8) is 0 Å². The standard InChI is InChI=1S/C16H13BrN2.BrH/c17-7-12-5-14-9-19-10-16(14)15(6-12)13-3-1-11(8-18)2-4-13;/h1-6,19H,7,9-10H2;1H. The lowest BCUT2D eigenvalue weighted by Crippen LogP contribution is -2.00. The number of hydrogen-bond donors (Lipinski definition) is 1. The van der Waals surface area contributed by atoms with Crippen molar-refractivity contribution in [3.05, 3.63) is 58.7 Å². The molecule has 0 atom stereocenters. The van der Waals surface area contributed by atoms with Gasteiger partial charge in [0.05, 0.1) is 11.6 Å². The van der Waals surface area contributed by atoms with E-state index >= 15 is 0 Å². The first-order chi connectivity index (χ1) is 9.31. The first-order valence-corrected chi connectivity index (χ1v) is 7.36. The molecule has 0 spiro atoms. The van der Waals surface area contributed by atoms with Gasteiger partial charge < -0.3 is 5.32 Å². The van der Waals surface area contributed by atoms with E-state index in [1.165, 1.54) is 27.8 Å². The summed E-state index contributed by atoms with van der Waals surface area (Å²) in [7, 11) is 0. The molecule has 0 radical (unpaired) electrons. The van der Waals surface area contributed by atoms with Crippen LogP contribution in [0.3, 0.4) is 0 Å². The topological polar surface area (TPSA) is 35.8 Å². The fraction of sp³-hybridized carbons (Fsp3) is 0.188. The number of halogens is 2. The highest BCUT2D eigenvalue weighted by Gasteiger charge is 2.16. The summed E-state index contributed by atoms with van der Waals surface area (Å²) < 4.78 is 0. The zero-order chi connectivity index (χ0) is 13.2. The van der Waals surface area contributed by atoms with Crippen LogP contribution in [0.2, 0.25) is 0 Å². The van der Waals surface area contributed by atoms with E-state index in [1.807, 2.05) is 24.3 Å². The summed E-state index contributed by atoms with van der Waals surface area (Å²) in [6.07, 6.45) is 0. The van der Waals surface area contributed by atoms with E-state index < -0.39 is 0 Å². The molecule has 0 saturated heterocycles. The van der Waals surface area contributed by atoms with Gasteiger partial charge in [-0.25, -0.2) is 0 Å². The SMILES string of the molecule is Br.N#Cc1ccc(-c2cc(CBr)cc3c2CNC3)cc1. The van der Waals surface area contributed by atoms with Crippen LogP contribution < -0.4 is 5.32 Å². The molecule has 3 rings (SSSR count). The third-order valence-electron chi connectivity index (χ3n) is 3.50. The van der Waals surface area contributed by atoms with Crippen molar-refractivity contribution >= 4 is 32.9 Å². The first-order valence-electron chi connectivity index (χ1n) is 6.23. The minimum atomic E-state index is 0. The zero-order valence-corrected chi connectivity index (χ0v) is 14.1. The Morgan fingerprint density at radius 2 is 1.90 bits per heavy atom. The van der Waals surface area contributed by atoms with Gasteiger partial charge in [0.2, 0.25) is 0 Å². The van der Waals surface area contributed by atoms with Gasteiger partial charge in [-0.1, -0.05) is 34.1 Å². The minimum Gasteiger partial charge on any atom is -0.309 e. The maximum absolute atomic E-state index is 8.87. The average molecular weight is 394 g/mol. The molecule has 0 fully saturated rings. The monoisotopic (exact) mass is 392 g/mol. The van der Waals surface area contributed by atoms with Crippen molar-refractivity contribution in [2.45, 2.75) is 18.4 Å². The van der Waals surface area contributed by atoms with E-state index in [2.05, 4.69) is 39.4 Å². The quantitative estimate of drug-likeness (QED) is 0.772. The lowest BCUT2D eigenvalue weighted by Gasteiger charge is -2.11. The van der Waals surface area contributed by atoms with Crippen molar-refractivity contribution in [1.82, 2.24) is 5.32 Å². The van der Waals surface area contributed by atoms with Crippen LogP contribution in [0.25, 0.3) is 11.1 Å². The van der Waals surface area contributed by atoms with Crippen molar-refractivity contribution in [3.8, 4) is 17.2 Å². The van der Waals surface area contributed by atoms with Gasteiger partial charge in [0.25, 0.3) is 0 Å². The number of hydrogen-bond acceptors (Lipinski definition) is 2. The Bertz CT molecular complexity index is 657. The van der Waals surface area contributed by atoms with Crippen LogP contribution in [0.5, 0.6) is 0 Å². The van der Waals surface area contributed by atoms with Crippen LogP contribution in [0.1, 0.15) is 22.3 Å². The van der Waals surface area contributed by atoms with Gasteiger partial charge in [-0.2, -0.15) is 5.26 Å². The normalized spacial score (nSPS) is 12.4. The Morgan fingerprint density at radius 3 is 2.55 bits per heavy atom. The van der Waals surface area contributed by atoms with Gasteiger partial charge in [0.15, 0.2) is 0 Å². The number of rotatable bonds is 2. The summed E-state index contributed by atoms with van der Waals surface area (Å²) in [6, 6.07) is 14.5. The molecule has 1 heterocycles. The number of nitrogens with one attached hydrogen (secondary N) is 1. The molecule has 2 aromatic carbocycles. The second-order valence-corrected chi connectivity index (χ2v) is 5.27. The number of benzene rings is 2. The highest BCUT2D eigenvalue weighted by Crippen LogP contribution is 2.31. The van der Waals surface area contributed by atoms with Gasteiger partial charge in [0.1, 0.15) is 0 Å². The molecule has 0 aromatic heterocycles. The van der Waals surface area contributed by atoms with Crippen molar-refractivity contribution < 1.29 is 0 Å². The molecule has 0 saturated carbocycles. The minimum absolute atomic E-state index is 0. The summed E-state index contributed by atoms with van der Waals surface area (Å²) in [5.74, 6) is 0. The number of fused-ring (bicyclic) bond motifs is 1. The Hall–Kier alpha value is -1.15. The van der Waals surface area contributed by atoms with Crippen LogP contribution in [0.4, 0.5) is 0 Å². The Balaban J connectivity index is 0.00000147. The molecule has 0 aliphatic carbocycles. The lowest BCUT2D eigenvalue weighted by molar-refractivity contribution is 0.765. The number of alkyl halides is 1. The molecule has 1 aliphatic rings. The molecule has 0 bridgehead atoms. The molecule has 0 amide bonds. The molecule has 4 heteroatoms. The van der Waals surface area contributed by atoms with Gasteiger partial charge in [-0.15, -0.1) is 17.0 Å². The number of nitrogens with zero attached hydrogens (tertiary/aromatic N) is 1. The maximum atomic E-state index is 8.87. The third kappa shape index (κ3) is 2.80. The van der Waals surface area contributed by atoms with Crippen LogP contribution in [0, 0.1) is 11.3 Å². The summed E-state index contributed by atoms with van der Waals surface area (Å²) in [6.45, 7) is 1.87. The van der Waals surface area contributed by atoms with E-state index in [-0.39, 0.29) is 17.0 Å². The molecule has 0 unspecified atom stereocenters. The average Bonchev–Trinajstić information content (AvgIpc) is 2.94. The summed E-state index contributed by atoms with van der Waals surface area (Å²) >= 11 is 3.53. The second kappa shape index (κ2) is 6.53. The van der Waals surface area contributed by atoms with Gasteiger partial charge in [0, 0.05) is 18.4 Å². The predicted molar refractivity (Wildman–Crippen MR) is 90.1 cm³/mol. The lowest BCUT2D eigenvalue weighted by atomic mass is 9.94. The Kier molecular flexibility index (Phi) is 4.98. The number of nitriles is 1. The Morgan fingerprint density at radius 1 is 1.15 bits per heavy atom. The molecular formula is C16H14Br2N2. The Labute approximate surface area is 137 Å². The van der Waals surface area contributed by atoms with Crippen molar-refractivity contribution in [2.24, 2.45) is 0 Å². The van der Waals surface area contributed by atoms with Gasteiger partial charge in [-0.3, -0.25) is 0 Å². The maximum Gasteiger partial charge on any atom is 0.0991 e. The van der Waals surface area contributed by atoms with Crippen LogP contribution >= 0.6 is 32.9 Å². The van der Waals surface area contributed by atoms with Crippen molar-refractivity contribution in [1.29, 1.82) is 5.26 Å². The third-order valence-corrected chi connectivity index (χ3v) is 4.15. The predicted octanol–water partition coefficient (Wildman–Crippen LogP) is 4.30. The van der Waals surface area contributed by atoms with Crippen LogP contribution in [-0.2, 0) is 18.4 Å². The van der Waals surface area contributed by atoms with Crippen LogP contribution in [-0.4, -0.2) is 0 Å². The summed E-state index contributed by atoms with van der Waals surface area (Å²) in [5.41, 5.74) is 7.23. The molecular weight excluding hydrogens is 380 g/mol. The fourth-order valence-electron chi connectivity index (χ4n) is 2.55. The zero-order valence-electron chi connectivity index (χ0n) is 10.8. The van der Waals surface area contributed by atoms with E-state index in [0.29, 0.717) is 5.56 Å². The van der Waals surface area contributed by atoms with Gasteiger partial charge in [-0.05, 0) is 46.0 Å². The summed E-state index contributed by atoms with van der Waals surface area (Å²) in [5, 5.41) is 13.1. The molecule has 2 nitrogen and oxygen atoms in total. The molecule has 20 heavy (non-hydrogen) atoms. The fourth-order valence-corrected chi connectivity index (χ4v) is 2.87. The summed E-state index contributed by atoms with van der Waals surface area (Å²) in [4.78, 5) is 0. The van der Waals surface area contributed by atoms with E-state index in [1.54, 1.807) is 0 Å². The highest BCUT2D eigenvalue weighted by atomic mass is 79.9. The molecule has 102 valence electrons. The van der Waals surface area contributed by atoms with Crippen LogP contribution in [0.15, 0.2) is 36.4 Å². The smallest absolute Gasteiger partial charge is 0.0991 e. The first kappa shape index (κ1) is 15.2. The van der Waals surface area contributed by atoms with E-state index in [0.717, 1.165) is 18.4 Å². The molecule has 1 aliphatic heterocycles.